The molecule has 2 N–H and O–H groups in total. The largest absolute Gasteiger partial charge is 0.489 e. The molecule has 8 heteroatoms. The highest BCUT2D eigenvalue weighted by Gasteiger charge is 2.44. The van der Waals surface area contributed by atoms with Gasteiger partial charge in [-0.3, -0.25) is 4.99 Å². The Bertz CT molecular complexity index is 1240. The SMILES string of the molecule is N[N+]12C=CN=CC1=C(C1=CC=C1)N=C2c1cccc(OCc2ccc(OC(F)F)cc2)c1. The van der Waals surface area contributed by atoms with Crippen molar-refractivity contribution in [1.29, 1.82) is 0 Å². The van der Waals surface area contributed by atoms with Crippen molar-refractivity contribution >= 4 is 12.1 Å². The molecule has 1 atom stereocenters. The minimum atomic E-state index is -2.85. The van der Waals surface area contributed by atoms with Gasteiger partial charge in [0.1, 0.15) is 30.0 Å². The lowest BCUT2D eigenvalue weighted by Crippen LogP contribution is -2.53. The fourth-order valence-corrected chi connectivity index (χ4v) is 3.60. The fourth-order valence-electron chi connectivity index (χ4n) is 3.60. The molecule has 160 valence electrons. The molecule has 0 saturated carbocycles. The molecule has 3 aliphatic rings. The van der Waals surface area contributed by atoms with E-state index in [4.69, 9.17) is 15.6 Å². The molecule has 1 aliphatic carbocycles. The number of nitrogens with zero attached hydrogens (tertiary/aromatic N) is 3. The van der Waals surface area contributed by atoms with Gasteiger partial charge < -0.3 is 9.47 Å². The van der Waals surface area contributed by atoms with E-state index in [2.05, 4.69) is 9.73 Å². The summed E-state index contributed by atoms with van der Waals surface area (Å²) in [6.07, 6.45) is 11.1. The summed E-state index contributed by atoms with van der Waals surface area (Å²) in [5, 5.41) is 0. The van der Waals surface area contributed by atoms with Crippen molar-refractivity contribution in [2.75, 3.05) is 0 Å². The number of hydrogen-bond donors (Lipinski definition) is 1. The van der Waals surface area contributed by atoms with Crippen LogP contribution >= 0.6 is 0 Å². The zero-order chi connectivity index (χ0) is 22.1. The van der Waals surface area contributed by atoms with E-state index in [9.17, 15) is 8.78 Å². The third-order valence-corrected chi connectivity index (χ3v) is 5.27. The first-order valence-corrected chi connectivity index (χ1v) is 9.91. The molecule has 1 unspecified atom stereocenters. The van der Waals surface area contributed by atoms with Gasteiger partial charge in [-0.2, -0.15) is 19.6 Å². The second-order valence-electron chi connectivity index (χ2n) is 7.34. The van der Waals surface area contributed by atoms with E-state index in [1.165, 1.54) is 12.1 Å². The quantitative estimate of drug-likeness (QED) is 0.513. The average Bonchev–Trinajstić information content (AvgIpc) is 3.05. The Hall–Kier alpha value is -3.88. The maximum absolute atomic E-state index is 12.3. The van der Waals surface area contributed by atoms with E-state index in [0.717, 1.165) is 28.1 Å². The lowest BCUT2D eigenvalue weighted by atomic mass is 10.0. The van der Waals surface area contributed by atoms with Gasteiger partial charge in [-0.1, -0.05) is 36.4 Å². The van der Waals surface area contributed by atoms with E-state index in [1.54, 1.807) is 30.7 Å². The van der Waals surface area contributed by atoms with Crippen molar-refractivity contribution in [3.8, 4) is 11.5 Å². The van der Waals surface area contributed by atoms with Gasteiger partial charge in [0.25, 0.3) is 5.84 Å². The van der Waals surface area contributed by atoms with Gasteiger partial charge >= 0.3 is 6.61 Å². The number of aliphatic imine (C=N–C) groups is 2. The number of rotatable bonds is 7. The van der Waals surface area contributed by atoms with Crippen LogP contribution < -0.4 is 15.3 Å². The van der Waals surface area contributed by atoms with Gasteiger partial charge in [0.15, 0.2) is 0 Å². The number of halogens is 2. The maximum atomic E-state index is 12.3. The Morgan fingerprint density at radius 3 is 2.59 bits per heavy atom. The number of quaternary nitrogens is 1. The maximum Gasteiger partial charge on any atom is 0.387 e. The number of allylic oxidation sites excluding steroid dienone is 4. The highest BCUT2D eigenvalue weighted by atomic mass is 19.3. The van der Waals surface area contributed by atoms with Crippen LogP contribution in [0.25, 0.3) is 0 Å². The number of fused-ring (bicyclic) bond motifs is 1. The van der Waals surface area contributed by atoms with Crippen molar-refractivity contribution in [2.45, 2.75) is 13.2 Å². The van der Waals surface area contributed by atoms with Crippen LogP contribution in [-0.2, 0) is 6.61 Å². The second-order valence-corrected chi connectivity index (χ2v) is 7.34. The molecule has 0 bridgehead atoms. The van der Waals surface area contributed by atoms with E-state index in [0.29, 0.717) is 11.6 Å². The van der Waals surface area contributed by atoms with Crippen LogP contribution in [0.4, 0.5) is 8.78 Å². The van der Waals surface area contributed by atoms with Gasteiger partial charge in [0.05, 0.1) is 18.0 Å². The van der Waals surface area contributed by atoms with Gasteiger partial charge in [-0.15, -0.1) is 4.59 Å². The number of nitrogens with two attached hydrogens (primary N) is 1. The number of ether oxygens (including phenoxy) is 2. The molecule has 6 nitrogen and oxygen atoms in total. The minimum Gasteiger partial charge on any atom is -0.489 e. The predicted molar refractivity (Wildman–Crippen MR) is 117 cm³/mol. The normalized spacial score (nSPS) is 20.8. The molecule has 2 aliphatic heterocycles. The second kappa shape index (κ2) is 7.99. The van der Waals surface area contributed by atoms with Crippen LogP contribution in [0.3, 0.4) is 0 Å². The summed E-state index contributed by atoms with van der Waals surface area (Å²) < 4.78 is 34.8. The van der Waals surface area contributed by atoms with E-state index < -0.39 is 6.61 Å². The van der Waals surface area contributed by atoms with Gasteiger partial charge in [-0.25, -0.2) is 0 Å². The lowest BCUT2D eigenvalue weighted by molar-refractivity contribution is -0.750. The summed E-state index contributed by atoms with van der Waals surface area (Å²) in [5.41, 5.74) is 4.26. The Kier molecular flexibility index (Phi) is 5.01. The third kappa shape index (κ3) is 3.66. The smallest absolute Gasteiger partial charge is 0.387 e. The number of hydrogen-bond acceptors (Lipinski definition) is 5. The summed E-state index contributed by atoms with van der Waals surface area (Å²) in [6, 6.07) is 13.9. The predicted octanol–water partition coefficient (Wildman–Crippen LogP) is 4.58. The van der Waals surface area contributed by atoms with Crippen molar-refractivity contribution in [3.63, 3.8) is 0 Å². The molecule has 2 heterocycles. The molecule has 2 aromatic carbocycles. The van der Waals surface area contributed by atoms with Crippen molar-refractivity contribution in [3.05, 3.63) is 107 Å². The molecule has 0 amide bonds. The summed E-state index contributed by atoms with van der Waals surface area (Å²) in [5.74, 6) is 8.13. The Labute approximate surface area is 183 Å². The van der Waals surface area contributed by atoms with Crippen molar-refractivity contribution in [1.82, 2.24) is 0 Å². The molecule has 0 radical (unpaired) electrons. The van der Waals surface area contributed by atoms with Crippen LogP contribution in [0.15, 0.2) is 106 Å². The van der Waals surface area contributed by atoms with E-state index in [1.807, 2.05) is 42.5 Å². The van der Waals surface area contributed by atoms with Crippen LogP contribution in [-0.4, -0.2) is 23.3 Å². The van der Waals surface area contributed by atoms with Gasteiger partial charge in [-0.05, 0) is 35.9 Å². The van der Waals surface area contributed by atoms with Crippen LogP contribution in [0.1, 0.15) is 11.1 Å². The van der Waals surface area contributed by atoms with Gasteiger partial charge in [0, 0.05) is 5.57 Å². The zero-order valence-corrected chi connectivity index (χ0v) is 16.9. The molecule has 0 aromatic heterocycles. The van der Waals surface area contributed by atoms with Crippen LogP contribution in [0.5, 0.6) is 11.5 Å². The van der Waals surface area contributed by atoms with Gasteiger partial charge in [0.2, 0.25) is 5.70 Å². The summed E-state index contributed by atoms with van der Waals surface area (Å²) in [4.78, 5) is 9.07. The molecule has 2 aromatic rings. The molecule has 0 spiro atoms. The summed E-state index contributed by atoms with van der Waals surface area (Å²) >= 11 is 0. The molecule has 0 fully saturated rings. The lowest BCUT2D eigenvalue weighted by Gasteiger charge is -2.26. The topological polar surface area (TPSA) is 69.2 Å². The fraction of sp³-hybridized carbons (Fsp3) is 0.0833. The summed E-state index contributed by atoms with van der Waals surface area (Å²) in [6.45, 7) is -2.58. The third-order valence-electron chi connectivity index (χ3n) is 5.27. The first kappa shape index (κ1) is 20.0. The standard InChI is InChI=1S/C24H19F2N4O2/c25-24(26)32-19-9-7-16(8-10-19)15-31-20-6-2-5-18(13-20)23-29-22(17-3-1-4-17)21-14-28-11-12-30(21,23)27/h1-14,24H,15,27H2/q+1. The van der Waals surface area contributed by atoms with Crippen LogP contribution in [0.2, 0.25) is 0 Å². The number of amidine groups is 1. The highest BCUT2D eigenvalue weighted by molar-refractivity contribution is 6.01. The van der Waals surface area contributed by atoms with E-state index >= 15 is 0 Å². The molecular formula is C24H19F2N4O2+. The zero-order valence-electron chi connectivity index (χ0n) is 16.9. The van der Waals surface area contributed by atoms with Crippen molar-refractivity contribution < 1.29 is 22.8 Å². The monoisotopic (exact) mass is 433 g/mol. The van der Waals surface area contributed by atoms with E-state index in [-0.39, 0.29) is 16.9 Å². The average molecular weight is 433 g/mol. The molecule has 0 saturated heterocycles. The Balaban J connectivity index is 1.35. The number of alkyl halides is 2. The minimum absolute atomic E-state index is 0.0704. The number of benzene rings is 2. The highest BCUT2D eigenvalue weighted by Crippen LogP contribution is 2.36. The molecular weight excluding hydrogens is 414 g/mol. The summed E-state index contributed by atoms with van der Waals surface area (Å²) in [7, 11) is 0. The van der Waals surface area contributed by atoms with Crippen molar-refractivity contribution in [2.24, 2.45) is 15.8 Å². The Morgan fingerprint density at radius 2 is 1.88 bits per heavy atom. The molecule has 32 heavy (non-hydrogen) atoms. The first-order valence-electron chi connectivity index (χ1n) is 9.91. The first-order chi connectivity index (χ1) is 15.5. The Morgan fingerprint density at radius 1 is 1.06 bits per heavy atom. The molecule has 5 rings (SSSR count). The van der Waals surface area contributed by atoms with Crippen LogP contribution in [0, 0.1) is 0 Å².